The summed E-state index contributed by atoms with van der Waals surface area (Å²) in [7, 11) is -1.86. The first kappa shape index (κ1) is 35.8. The van der Waals surface area contributed by atoms with Gasteiger partial charge in [0, 0.05) is 11.6 Å². The number of fused-ring (bicyclic) bond motifs is 1. The largest absolute Gasteiger partial charge is 1.00 e. The van der Waals surface area contributed by atoms with Crippen molar-refractivity contribution in [3.8, 4) is 22.8 Å². The molecule has 0 aliphatic heterocycles. The van der Waals surface area contributed by atoms with Gasteiger partial charge in [-0.15, -0.1) is 0 Å². The zero-order chi connectivity index (χ0) is 33.7. The van der Waals surface area contributed by atoms with Gasteiger partial charge in [0.1, 0.15) is 28.9 Å². The third-order valence-corrected chi connectivity index (χ3v) is 13.2. The number of esters is 1. The molecule has 0 bridgehead atoms. The van der Waals surface area contributed by atoms with E-state index in [9.17, 15) is 14.7 Å². The smallest absolute Gasteiger partial charge is 0.316 e. The number of hydrogen-bond acceptors (Lipinski definition) is 5. The van der Waals surface area contributed by atoms with Gasteiger partial charge in [-0.3, -0.25) is 9.59 Å². The molecule has 250 valence electrons. The molecule has 0 atom stereocenters. The highest BCUT2D eigenvalue weighted by Crippen LogP contribution is 2.56. The number of carbonyl (C=O) groups is 1. The van der Waals surface area contributed by atoms with Gasteiger partial charge >= 0.3 is 5.97 Å². The van der Waals surface area contributed by atoms with Crippen LogP contribution in [0.2, 0.25) is 0 Å². The van der Waals surface area contributed by atoms with Crippen LogP contribution in [-0.4, -0.2) is 17.2 Å². The summed E-state index contributed by atoms with van der Waals surface area (Å²) in [6.07, 6.45) is 4.09. The van der Waals surface area contributed by atoms with Gasteiger partial charge in [-0.05, 0) is 94.1 Å². The van der Waals surface area contributed by atoms with Gasteiger partial charge in [-0.2, -0.15) is 0 Å². The highest BCUT2D eigenvalue weighted by molar-refractivity contribution is 7.95. The van der Waals surface area contributed by atoms with Crippen LogP contribution in [0.4, 0.5) is 0 Å². The molecule has 0 saturated carbocycles. The van der Waals surface area contributed by atoms with Crippen molar-refractivity contribution in [1.29, 1.82) is 0 Å². The topological polar surface area (TPSA) is 76.7 Å². The Kier molecular flexibility index (Phi) is 11.2. The maximum absolute atomic E-state index is 13.0. The van der Waals surface area contributed by atoms with Crippen molar-refractivity contribution in [3.05, 3.63) is 149 Å². The average Bonchev–Trinajstić information content (AvgIpc) is 3.11. The van der Waals surface area contributed by atoms with E-state index in [0.29, 0.717) is 5.76 Å². The lowest BCUT2D eigenvalue weighted by Gasteiger charge is -2.27. The molecule has 5 nitrogen and oxygen atoms in total. The van der Waals surface area contributed by atoms with Crippen LogP contribution in [0.1, 0.15) is 39.2 Å². The Hall–Kier alpha value is -4.51. The summed E-state index contributed by atoms with van der Waals surface area (Å²) < 4.78 is 11.4. The van der Waals surface area contributed by atoms with Crippen LogP contribution in [0.5, 0.6) is 11.5 Å². The molecule has 0 spiro atoms. The van der Waals surface area contributed by atoms with Crippen molar-refractivity contribution in [3.63, 3.8) is 0 Å². The SMILES string of the molecule is CC(C)(C)C(=O)Oc1ccc2c(=O)cc(-c3ccc(CCCC[P+](c4ccccc4)(c4ccccc4)c4ccccc4)cc3)oc2c1O.[Br-]. The van der Waals surface area contributed by atoms with E-state index in [1.807, 2.05) is 12.1 Å². The van der Waals surface area contributed by atoms with E-state index in [1.54, 1.807) is 20.8 Å². The maximum Gasteiger partial charge on any atom is 0.316 e. The first-order valence-corrected chi connectivity index (χ1v) is 18.3. The molecule has 0 radical (unpaired) electrons. The minimum absolute atomic E-state index is 0. The monoisotopic (exact) mass is 734 g/mol. The summed E-state index contributed by atoms with van der Waals surface area (Å²) >= 11 is 0. The fourth-order valence-electron chi connectivity index (χ4n) is 6.06. The summed E-state index contributed by atoms with van der Waals surface area (Å²) in [6, 6.07) is 45.3. The zero-order valence-electron chi connectivity index (χ0n) is 27.9. The van der Waals surface area contributed by atoms with E-state index in [-0.39, 0.29) is 44.9 Å². The lowest BCUT2D eigenvalue weighted by molar-refractivity contribution is -0.143. The Morgan fingerprint density at radius 3 is 1.78 bits per heavy atom. The molecule has 0 aliphatic rings. The molecule has 1 N–H and O–H groups in total. The first-order valence-electron chi connectivity index (χ1n) is 16.3. The number of unbranched alkanes of at least 4 members (excludes halogenated alkanes) is 1. The lowest BCUT2D eigenvalue weighted by atomic mass is 9.97. The standard InChI is InChI=1S/C42H39O5P.BrH/c1-42(2,3)41(45)47-37-27-26-35-36(43)29-38(46-40(35)39(37)44)31-24-22-30(23-25-31)15-13-14-28-48(32-16-7-4-8-17-32,33-18-9-5-10-19-33)34-20-11-6-12-21-34;/h4-12,16-27,29H,13-15,28H2,1-3H3;1H. The van der Waals surface area contributed by atoms with Gasteiger partial charge in [0.2, 0.25) is 5.75 Å². The van der Waals surface area contributed by atoms with Crippen LogP contribution in [0.25, 0.3) is 22.3 Å². The Labute approximate surface area is 298 Å². The van der Waals surface area contributed by atoms with Crippen molar-refractivity contribution in [2.75, 3.05) is 6.16 Å². The van der Waals surface area contributed by atoms with E-state index < -0.39 is 18.6 Å². The number of ether oxygens (including phenoxy) is 1. The molecule has 0 fully saturated rings. The molecule has 1 heterocycles. The predicted molar refractivity (Wildman–Crippen MR) is 198 cm³/mol. The van der Waals surface area contributed by atoms with Crippen molar-refractivity contribution in [2.24, 2.45) is 5.41 Å². The van der Waals surface area contributed by atoms with E-state index in [1.165, 1.54) is 39.7 Å². The number of hydrogen-bond donors (Lipinski definition) is 1. The summed E-state index contributed by atoms with van der Waals surface area (Å²) in [6.45, 7) is 5.18. The van der Waals surface area contributed by atoms with Crippen LogP contribution in [0, 0.1) is 5.41 Å². The Bertz CT molecular complexity index is 1970. The van der Waals surface area contributed by atoms with Crippen LogP contribution >= 0.6 is 7.26 Å². The Balaban J connectivity index is 0.00000468. The summed E-state index contributed by atoms with van der Waals surface area (Å²) in [5, 5.41) is 15.3. The molecule has 6 rings (SSSR count). The van der Waals surface area contributed by atoms with Gasteiger partial charge < -0.3 is 31.2 Å². The molecule has 0 aliphatic carbocycles. The molecule has 0 saturated heterocycles. The van der Waals surface area contributed by atoms with Gasteiger partial charge in [0.15, 0.2) is 16.8 Å². The number of aryl methyl sites for hydroxylation is 1. The molecule has 1 aromatic heterocycles. The van der Waals surface area contributed by atoms with E-state index in [0.717, 1.165) is 31.0 Å². The summed E-state index contributed by atoms with van der Waals surface area (Å²) in [5.74, 6) is -0.590. The molecule has 5 aromatic carbocycles. The van der Waals surface area contributed by atoms with Crippen molar-refractivity contribution in [1.82, 2.24) is 0 Å². The maximum atomic E-state index is 13.0. The van der Waals surface area contributed by atoms with Gasteiger partial charge in [0.05, 0.1) is 17.0 Å². The van der Waals surface area contributed by atoms with Gasteiger partial charge in [-0.25, -0.2) is 0 Å². The number of carbonyl (C=O) groups excluding carboxylic acids is 1. The molecule has 0 unspecified atom stereocenters. The number of phenolic OH excluding ortho intramolecular Hbond substituents is 1. The molecule has 49 heavy (non-hydrogen) atoms. The quantitative estimate of drug-likeness (QED) is 0.0879. The normalized spacial score (nSPS) is 11.6. The van der Waals surface area contributed by atoms with E-state index >= 15 is 0 Å². The van der Waals surface area contributed by atoms with Crippen LogP contribution < -0.4 is 43.1 Å². The van der Waals surface area contributed by atoms with E-state index in [4.69, 9.17) is 9.15 Å². The van der Waals surface area contributed by atoms with E-state index in [2.05, 4.69) is 103 Å². The molecule has 0 amide bonds. The van der Waals surface area contributed by atoms with Crippen molar-refractivity contribution < 1.29 is 36.0 Å². The minimum atomic E-state index is -1.86. The number of aromatic hydroxyl groups is 1. The highest BCUT2D eigenvalue weighted by atomic mass is 79.9. The first-order chi connectivity index (χ1) is 23.2. The second-order valence-electron chi connectivity index (χ2n) is 13.1. The van der Waals surface area contributed by atoms with Crippen LogP contribution in [0.15, 0.2) is 143 Å². The van der Waals surface area contributed by atoms with Crippen molar-refractivity contribution >= 4 is 40.1 Å². The third kappa shape index (κ3) is 7.72. The Morgan fingerprint density at radius 2 is 1.27 bits per heavy atom. The summed E-state index contributed by atoms with van der Waals surface area (Å²) in [5.41, 5.74) is 0.854. The number of rotatable bonds is 10. The third-order valence-electron chi connectivity index (χ3n) is 8.69. The van der Waals surface area contributed by atoms with Gasteiger partial charge in [-0.1, -0.05) is 78.9 Å². The van der Waals surface area contributed by atoms with Crippen LogP contribution in [0.3, 0.4) is 0 Å². The predicted octanol–water partition coefficient (Wildman–Crippen LogP) is 5.44. The molecule has 6 aromatic rings. The number of halogens is 1. The molecular weight excluding hydrogens is 695 g/mol. The number of phenols is 1. The molecule has 7 heteroatoms. The summed E-state index contributed by atoms with van der Waals surface area (Å²) in [4.78, 5) is 25.4. The fourth-order valence-corrected chi connectivity index (χ4v) is 10.5. The number of benzene rings is 5. The Morgan fingerprint density at radius 1 is 0.735 bits per heavy atom. The molecular formula is C42H40BrO5P. The minimum Gasteiger partial charge on any atom is -1.00 e. The second-order valence-corrected chi connectivity index (χ2v) is 16.7. The zero-order valence-corrected chi connectivity index (χ0v) is 30.4. The van der Waals surface area contributed by atoms with Crippen molar-refractivity contribution in [2.45, 2.75) is 40.0 Å². The second kappa shape index (κ2) is 15.4. The average molecular weight is 736 g/mol. The van der Waals surface area contributed by atoms with Gasteiger partial charge in [0.25, 0.3) is 0 Å². The van der Waals surface area contributed by atoms with Crippen LogP contribution in [-0.2, 0) is 11.2 Å². The fraction of sp³-hybridized carbons (Fsp3) is 0.190. The highest BCUT2D eigenvalue weighted by Gasteiger charge is 2.44. The lowest BCUT2D eigenvalue weighted by Crippen LogP contribution is -3.00.